The summed E-state index contributed by atoms with van der Waals surface area (Å²) in [5.41, 5.74) is 1.45. The van der Waals surface area contributed by atoms with E-state index >= 15 is 0 Å². The number of halogens is 1. The zero-order chi connectivity index (χ0) is 21.7. The van der Waals surface area contributed by atoms with Crippen LogP contribution in [0.2, 0.25) is 0 Å². The number of nitrogens with one attached hydrogen (secondary N) is 1. The molecule has 2 aromatic carbocycles. The van der Waals surface area contributed by atoms with Crippen LogP contribution in [0.25, 0.3) is 6.08 Å². The van der Waals surface area contributed by atoms with Crippen LogP contribution >= 0.6 is 27.7 Å². The summed E-state index contributed by atoms with van der Waals surface area (Å²) in [6.45, 7) is 3.96. The molecule has 1 heterocycles. The Balaban J connectivity index is 1.83. The lowest BCUT2D eigenvalue weighted by Crippen LogP contribution is -2.19. The Kier molecular flexibility index (Phi) is 6.96. The van der Waals surface area contributed by atoms with Crippen LogP contribution in [0, 0.1) is 0 Å². The van der Waals surface area contributed by atoms with Crippen molar-refractivity contribution in [3.05, 3.63) is 69.6 Å². The van der Waals surface area contributed by atoms with Crippen LogP contribution in [0.3, 0.4) is 0 Å². The number of carboxylic acid groups (broad SMARTS) is 1. The fraction of sp³-hybridized carbons (Fsp3) is 0.0952. The smallest absolute Gasteiger partial charge is 0.335 e. The first-order chi connectivity index (χ1) is 14.4. The lowest BCUT2D eigenvalue weighted by atomic mass is 10.2. The van der Waals surface area contributed by atoms with Gasteiger partial charge in [-0.1, -0.05) is 12.7 Å². The maximum atomic E-state index is 12.3. The van der Waals surface area contributed by atoms with Gasteiger partial charge in [0.25, 0.3) is 5.91 Å². The van der Waals surface area contributed by atoms with Crippen LogP contribution in [-0.2, 0) is 4.79 Å². The van der Waals surface area contributed by atoms with Crippen molar-refractivity contribution in [1.82, 2.24) is 5.32 Å². The number of aliphatic imine (C=N–C) groups is 1. The summed E-state index contributed by atoms with van der Waals surface area (Å²) in [6.07, 6.45) is 3.36. The molecule has 0 unspecified atom stereocenters. The first kappa shape index (κ1) is 21.7. The number of methoxy groups -OCH3 is 1. The van der Waals surface area contributed by atoms with Gasteiger partial charge >= 0.3 is 5.97 Å². The summed E-state index contributed by atoms with van der Waals surface area (Å²) in [4.78, 5) is 28.1. The Hall–Kier alpha value is -3.04. The number of nitrogens with zero attached hydrogens (tertiary/aromatic N) is 1. The molecule has 1 aliphatic rings. The molecule has 1 saturated heterocycles. The van der Waals surface area contributed by atoms with Gasteiger partial charge in [-0.15, -0.1) is 0 Å². The summed E-state index contributed by atoms with van der Waals surface area (Å²) < 4.78 is 11.7. The molecule has 2 N–H and O–H groups in total. The van der Waals surface area contributed by atoms with Gasteiger partial charge in [0.05, 0.1) is 27.7 Å². The number of hydrogen-bond donors (Lipinski definition) is 2. The molecule has 0 aliphatic carbocycles. The summed E-state index contributed by atoms with van der Waals surface area (Å²) in [6, 6.07) is 9.66. The number of aromatic carboxylic acids is 1. The van der Waals surface area contributed by atoms with E-state index in [9.17, 15) is 9.59 Å². The molecule has 0 saturated carbocycles. The van der Waals surface area contributed by atoms with Crippen LogP contribution in [0.5, 0.6) is 11.5 Å². The maximum absolute atomic E-state index is 12.3. The van der Waals surface area contributed by atoms with Gasteiger partial charge in [-0.2, -0.15) is 0 Å². The van der Waals surface area contributed by atoms with Gasteiger partial charge in [0.1, 0.15) is 6.61 Å². The minimum atomic E-state index is -1.01. The number of carbonyl (C=O) groups excluding carboxylic acids is 1. The van der Waals surface area contributed by atoms with Gasteiger partial charge in [-0.3, -0.25) is 4.79 Å². The molecule has 0 aromatic heterocycles. The Morgan fingerprint density at radius 1 is 1.33 bits per heavy atom. The molecule has 0 spiro atoms. The molecule has 9 heteroatoms. The molecule has 1 amide bonds. The van der Waals surface area contributed by atoms with Crippen LogP contribution in [0.1, 0.15) is 15.9 Å². The second-order valence-corrected chi connectivity index (χ2v) is 7.85. The zero-order valence-electron chi connectivity index (χ0n) is 15.8. The molecule has 7 nitrogen and oxygen atoms in total. The Labute approximate surface area is 185 Å². The van der Waals surface area contributed by atoms with Crippen LogP contribution in [-0.4, -0.2) is 35.9 Å². The van der Waals surface area contributed by atoms with Gasteiger partial charge in [0, 0.05) is 0 Å². The number of ether oxygens (including phenoxy) is 2. The van der Waals surface area contributed by atoms with Crippen molar-refractivity contribution in [2.75, 3.05) is 13.7 Å². The number of amides is 1. The van der Waals surface area contributed by atoms with E-state index in [1.54, 1.807) is 30.4 Å². The van der Waals surface area contributed by atoms with Crippen LogP contribution < -0.4 is 14.8 Å². The zero-order valence-corrected chi connectivity index (χ0v) is 18.2. The van der Waals surface area contributed by atoms with Crippen LogP contribution in [0.15, 0.2) is 63.4 Å². The first-order valence-corrected chi connectivity index (χ1v) is 10.3. The molecule has 0 radical (unpaired) electrons. The van der Waals surface area contributed by atoms with Gasteiger partial charge in [0.15, 0.2) is 16.7 Å². The molecule has 1 aliphatic heterocycles. The molecular formula is C21H17BrN2O5S. The average Bonchev–Trinajstić information content (AvgIpc) is 3.05. The highest BCUT2D eigenvalue weighted by atomic mass is 79.9. The highest BCUT2D eigenvalue weighted by Gasteiger charge is 2.24. The van der Waals surface area contributed by atoms with Crippen molar-refractivity contribution in [3.8, 4) is 11.5 Å². The molecule has 3 rings (SSSR count). The van der Waals surface area contributed by atoms with Crippen molar-refractivity contribution in [1.29, 1.82) is 0 Å². The van der Waals surface area contributed by atoms with Gasteiger partial charge < -0.3 is 19.9 Å². The quantitative estimate of drug-likeness (QED) is 0.436. The summed E-state index contributed by atoms with van der Waals surface area (Å²) in [5, 5.41) is 12.1. The number of thioether (sulfide) groups is 1. The first-order valence-electron chi connectivity index (χ1n) is 8.65. The molecule has 2 aromatic rings. The topological polar surface area (TPSA) is 97.2 Å². The number of rotatable bonds is 7. The number of carboxylic acids is 1. The van der Waals surface area contributed by atoms with Gasteiger partial charge in [0.2, 0.25) is 0 Å². The minimum Gasteiger partial charge on any atom is -0.493 e. The highest BCUT2D eigenvalue weighted by molar-refractivity contribution is 9.10. The predicted molar refractivity (Wildman–Crippen MR) is 121 cm³/mol. The Morgan fingerprint density at radius 2 is 2.07 bits per heavy atom. The fourth-order valence-electron chi connectivity index (χ4n) is 2.53. The van der Waals surface area contributed by atoms with E-state index in [0.717, 1.165) is 5.56 Å². The van der Waals surface area contributed by atoms with E-state index in [1.807, 2.05) is 6.07 Å². The fourth-order valence-corrected chi connectivity index (χ4v) is 3.95. The number of carbonyl (C=O) groups is 2. The Bertz CT molecular complexity index is 1060. The second-order valence-electron chi connectivity index (χ2n) is 5.97. The minimum absolute atomic E-state index is 0.169. The molecule has 154 valence electrons. The van der Waals surface area contributed by atoms with E-state index in [4.69, 9.17) is 14.6 Å². The largest absolute Gasteiger partial charge is 0.493 e. The SMILES string of the molecule is C=CCOc1c(Br)cc(/C=C2\SC(=Nc3ccc(C(=O)O)cc3)NC2=O)cc1OC. The number of amidine groups is 1. The second kappa shape index (κ2) is 9.64. The molecule has 0 atom stereocenters. The normalized spacial score (nSPS) is 15.9. The standard InChI is InChI=1S/C21H17BrN2O5S/c1-3-8-29-18-15(22)9-12(10-16(18)28-2)11-17-19(25)24-21(30-17)23-14-6-4-13(5-7-14)20(26)27/h3-7,9-11H,1,8H2,2H3,(H,26,27)(H,23,24,25)/b17-11-. The third-order valence-electron chi connectivity index (χ3n) is 3.89. The number of hydrogen-bond acceptors (Lipinski definition) is 6. The van der Waals surface area contributed by atoms with Crippen LogP contribution in [0.4, 0.5) is 5.69 Å². The van der Waals surface area contributed by atoms with Gasteiger partial charge in [-0.05, 0) is 75.7 Å². The van der Waals surface area contributed by atoms with Gasteiger partial charge in [-0.25, -0.2) is 9.79 Å². The lowest BCUT2D eigenvalue weighted by molar-refractivity contribution is -0.115. The van der Waals surface area contributed by atoms with E-state index in [1.165, 1.54) is 31.0 Å². The van der Waals surface area contributed by atoms with Crippen molar-refractivity contribution in [2.24, 2.45) is 4.99 Å². The lowest BCUT2D eigenvalue weighted by Gasteiger charge is -2.12. The molecule has 1 fully saturated rings. The Morgan fingerprint density at radius 3 is 2.70 bits per heavy atom. The monoisotopic (exact) mass is 488 g/mol. The maximum Gasteiger partial charge on any atom is 0.335 e. The summed E-state index contributed by atoms with van der Waals surface area (Å²) >= 11 is 4.65. The third kappa shape index (κ3) is 5.11. The van der Waals surface area contributed by atoms with E-state index < -0.39 is 5.97 Å². The summed E-state index contributed by atoms with van der Waals surface area (Å²) in [7, 11) is 1.54. The average molecular weight is 489 g/mol. The number of benzene rings is 2. The predicted octanol–water partition coefficient (Wildman–Crippen LogP) is 4.61. The molecule has 30 heavy (non-hydrogen) atoms. The van der Waals surface area contributed by atoms with Crippen molar-refractivity contribution >= 4 is 56.5 Å². The molecule has 0 bridgehead atoms. The van der Waals surface area contributed by atoms with E-state index in [2.05, 4.69) is 32.8 Å². The van der Waals surface area contributed by atoms with Crippen molar-refractivity contribution < 1.29 is 24.2 Å². The van der Waals surface area contributed by atoms with Crippen molar-refractivity contribution in [3.63, 3.8) is 0 Å². The summed E-state index contributed by atoms with van der Waals surface area (Å²) in [5.74, 6) is -0.211. The van der Waals surface area contributed by atoms with E-state index in [-0.39, 0.29) is 11.5 Å². The highest BCUT2D eigenvalue weighted by Crippen LogP contribution is 2.38. The molecular weight excluding hydrogens is 472 g/mol. The van der Waals surface area contributed by atoms with Crippen molar-refractivity contribution in [2.45, 2.75) is 0 Å². The van der Waals surface area contributed by atoms with E-state index in [0.29, 0.717) is 38.3 Å². The third-order valence-corrected chi connectivity index (χ3v) is 5.39.